The number of carbonyl (C=O) groups is 1. The molecular formula is C15H24N4O2. The standard InChI is InChI=1S/C15H24N4O2/c1-2-16-13-4-6-17-14(12-13)15(20)18-5-3-7-19-8-10-21-11-9-19/h4,6,12H,2-3,5,7-11H2,1H3,(H,16,17)(H,18,20). The first kappa shape index (κ1) is 15.7. The van der Waals surface area contributed by atoms with Gasteiger partial charge in [-0.15, -0.1) is 0 Å². The number of amides is 1. The number of carbonyl (C=O) groups excluding carboxylic acids is 1. The summed E-state index contributed by atoms with van der Waals surface area (Å²) in [6.45, 7) is 8.11. The molecular weight excluding hydrogens is 268 g/mol. The van der Waals surface area contributed by atoms with Gasteiger partial charge in [-0.3, -0.25) is 14.7 Å². The van der Waals surface area contributed by atoms with Crippen LogP contribution in [0.2, 0.25) is 0 Å². The Hall–Kier alpha value is -1.66. The molecule has 1 aromatic rings. The second kappa shape index (κ2) is 8.59. The van der Waals surface area contributed by atoms with Gasteiger partial charge < -0.3 is 15.4 Å². The van der Waals surface area contributed by atoms with Crippen LogP contribution < -0.4 is 10.6 Å². The van der Waals surface area contributed by atoms with Crippen LogP contribution >= 0.6 is 0 Å². The summed E-state index contributed by atoms with van der Waals surface area (Å²) < 4.78 is 5.31. The average molecular weight is 292 g/mol. The molecule has 116 valence electrons. The molecule has 2 heterocycles. The van der Waals surface area contributed by atoms with Gasteiger partial charge in [0, 0.05) is 38.1 Å². The third-order valence-corrected chi connectivity index (χ3v) is 3.41. The molecule has 6 heteroatoms. The van der Waals surface area contributed by atoms with Gasteiger partial charge in [0.25, 0.3) is 5.91 Å². The number of ether oxygens (including phenoxy) is 1. The molecule has 1 fully saturated rings. The van der Waals surface area contributed by atoms with Crippen molar-refractivity contribution >= 4 is 11.6 Å². The number of nitrogens with zero attached hydrogens (tertiary/aromatic N) is 2. The highest BCUT2D eigenvalue weighted by Gasteiger charge is 2.10. The normalized spacial score (nSPS) is 15.7. The lowest BCUT2D eigenvalue weighted by molar-refractivity contribution is 0.0374. The minimum atomic E-state index is -0.114. The highest BCUT2D eigenvalue weighted by molar-refractivity contribution is 5.93. The van der Waals surface area contributed by atoms with Crippen molar-refractivity contribution in [3.05, 3.63) is 24.0 Å². The molecule has 0 radical (unpaired) electrons. The van der Waals surface area contributed by atoms with Gasteiger partial charge in [-0.1, -0.05) is 0 Å². The van der Waals surface area contributed by atoms with E-state index in [1.165, 1.54) is 0 Å². The molecule has 21 heavy (non-hydrogen) atoms. The number of hydrogen-bond acceptors (Lipinski definition) is 5. The first-order valence-electron chi connectivity index (χ1n) is 7.58. The lowest BCUT2D eigenvalue weighted by Crippen LogP contribution is -2.38. The minimum absolute atomic E-state index is 0.114. The van der Waals surface area contributed by atoms with E-state index in [4.69, 9.17) is 4.74 Å². The van der Waals surface area contributed by atoms with Gasteiger partial charge in [-0.25, -0.2) is 0 Å². The average Bonchev–Trinajstić information content (AvgIpc) is 2.53. The predicted molar refractivity (Wildman–Crippen MR) is 82.6 cm³/mol. The maximum absolute atomic E-state index is 12.0. The van der Waals surface area contributed by atoms with E-state index in [2.05, 4.69) is 20.5 Å². The van der Waals surface area contributed by atoms with Crippen molar-refractivity contribution < 1.29 is 9.53 Å². The zero-order valence-electron chi connectivity index (χ0n) is 12.6. The van der Waals surface area contributed by atoms with Crippen LogP contribution in [-0.4, -0.2) is 61.7 Å². The van der Waals surface area contributed by atoms with E-state index in [1.54, 1.807) is 12.3 Å². The molecule has 1 saturated heterocycles. The molecule has 0 aliphatic carbocycles. The van der Waals surface area contributed by atoms with E-state index in [1.807, 2.05) is 13.0 Å². The van der Waals surface area contributed by atoms with E-state index in [0.717, 1.165) is 51.5 Å². The molecule has 0 spiro atoms. The second-order valence-electron chi connectivity index (χ2n) is 5.02. The molecule has 2 N–H and O–H groups in total. The summed E-state index contributed by atoms with van der Waals surface area (Å²) >= 11 is 0. The molecule has 0 atom stereocenters. The van der Waals surface area contributed by atoms with Crippen LogP contribution in [0.1, 0.15) is 23.8 Å². The van der Waals surface area contributed by atoms with E-state index >= 15 is 0 Å². The molecule has 2 rings (SSSR count). The molecule has 0 unspecified atom stereocenters. The fourth-order valence-electron chi connectivity index (χ4n) is 2.29. The Morgan fingerprint density at radius 3 is 3.00 bits per heavy atom. The second-order valence-corrected chi connectivity index (χ2v) is 5.02. The van der Waals surface area contributed by atoms with E-state index in [9.17, 15) is 4.79 Å². The van der Waals surface area contributed by atoms with Gasteiger partial charge in [-0.05, 0) is 32.0 Å². The van der Waals surface area contributed by atoms with Crippen LogP contribution in [0, 0.1) is 0 Å². The maximum atomic E-state index is 12.0. The first-order valence-corrected chi connectivity index (χ1v) is 7.58. The summed E-state index contributed by atoms with van der Waals surface area (Å²) in [6, 6.07) is 3.64. The van der Waals surface area contributed by atoms with E-state index in [0.29, 0.717) is 12.2 Å². The van der Waals surface area contributed by atoms with Crippen molar-refractivity contribution in [1.29, 1.82) is 0 Å². The third kappa shape index (κ3) is 5.32. The summed E-state index contributed by atoms with van der Waals surface area (Å²) in [4.78, 5) is 18.5. The number of hydrogen-bond donors (Lipinski definition) is 2. The number of anilines is 1. The number of morpholine rings is 1. The van der Waals surface area contributed by atoms with Crippen LogP contribution in [0.3, 0.4) is 0 Å². The molecule has 0 saturated carbocycles. The van der Waals surface area contributed by atoms with Crippen LogP contribution in [0.25, 0.3) is 0 Å². The summed E-state index contributed by atoms with van der Waals surface area (Å²) in [7, 11) is 0. The Morgan fingerprint density at radius 1 is 1.43 bits per heavy atom. The van der Waals surface area contributed by atoms with Gasteiger partial charge in [0.15, 0.2) is 0 Å². The van der Waals surface area contributed by atoms with E-state index in [-0.39, 0.29) is 5.91 Å². The summed E-state index contributed by atoms with van der Waals surface area (Å²) in [5.74, 6) is -0.114. The van der Waals surface area contributed by atoms with Crippen LogP contribution in [0.4, 0.5) is 5.69 Å². The van der Waals surface area contributed by atoms with Crippen molar-refractivity contribution in [3.8, 4) is 0 Å². The van der Waals surface area contributed by atoms with Gasteiger partial charge in [0.1, 0.15) is 5.69 Å². The Labute approximate surface area is 125 Å². The van der Waals surface area contributed by atoms with Crippen molar-refractivity contribution in [3.63, 3.8) is 0 Å². The summed E-state index contributed by atoms with van der Waals surface area (Å²) in [5, 5.41) is 6.10. The molecule has 0 aromatic carbocycles. The minimum Gasteiger partial charge on any atom is -0.385 e. The molecule has 1 aliphatic heterocycles. The Balaban J connectivity index is 1.70. The monoisotopic (exact) mass is 292 g/mol. The number of nitrogens with one attached hydrogen (secondary N) is 2. The number of aromatic nitrogens is 1. The fourth-order valence-corrected chi connectivity index (χ4v) is 2.29. The van der Waals surface area contributed by atoms with Gasteiger partial charge in [0.05, 0.1) is 13.2 Å². The zero-order chi connectivity index (χ0) is 14.9. The number of rotatable bonds is 7. The highest BCUT2D eigenvalue weighted by atomic mass is 16.5. The molecule has 1 amide bonds. The molecule has 0 bridgehead atoms. The predicted octanol–water partition coefficient (Wildman–Crippen LogP) is 0.966. The van der Waals surface area contributed by atoms with Gasteiger partial charge in [0.2, 0.25) is 0 Å². The Morgan fingerprint density at radius 2 is 2.24 bits per heavy atom. The summed E-state index contributed by atoms with van der Waals surface area (Å²) in [6.07, 6.45) is 2.60. The molecule has 1 aromatic heterocycles. The van der Waals surface area contributed by atoms with E-state index < -0.39 is 0 Å². The first-order chi connectivity index (χ1) is 10.3. The van der Waals surface area contributed by atoms with Crippen molar-refractivity contribution in [2.75, 3.05) is 51.3 Å². The Bertz CT molecular complexity index is 447. The Kier molecular flexibility index (Phi) is 6.43. The highest BCUT2D eigenvalue weighted by Crippen LogP contribution is 2.07. The lowest BCUT2D eigenvalue weighted by atomic mass is 10.3. The largest absolute Gasteiger partial charge is 0.385 e. The smallest absolute Gasteiger partial charge is 0.269 e. The number of pyridine rings is 1. The third-order valence-electron chi connectivity index (χ3n) is 3.41. The van der Waals surface area contributed by atoms with Crippen molar-refractivity contribution in [2.24, 2.45) is 0 Å². The van der Waals surface area contributed by atoms with Crippen molar-refractivity contribution in [2.45, 2.75) is 13.3 Å². The van der Waals surface area contributed by atoms with Gasteiger partial charge >= 0.3 is 0 Å². The lowest BCUT2D eigenvalue weighted by Gasteiger charge is -2.26. The zero-order valence-corrected chi connectivity index (χ0v) is 12.6. The molecule has 1 aliphatic rings. The van der Waals surface area contributed by atoms with Gasteiger partial charge in [-0.2, -0.15) is 0 Å². The quantitative estimate of drug-likeness (QED) is 0.733. The van der Waals surface area contributed by atoms with Crippen LogP contribution in [-0.2, 0) is 4.74 Å². The van der Waals surface area contributed by atoms with Crippen LogP contribution in [0.5, 0.6) is 0 Å². The van der Waals surface area contributed by atoms with Crippen molar-refractivity contribution in [1.82, 2.24) is 15.2 Å². The fraction of sp³-hybridized carbons (Fsp3) is 0.600. The SMILES string of the molecule is CCNc1ccnc(C(=O)NCCCN2CCOCC2)c1. The molecule has 6 nitrogen and oxygen atoms in total. The maximum Gasteiger partial charge on any atom is 0.269 e. The topological polar surface area (TPSA) is 66.5 Å². The van der Waals surface area contributed by atoms with Crippen LogP contribution in [0.15, 0.2) is 18.3 Å². The summed E-state index contributed by atoms with van der Waals surface area (Å²) in [5.41, 5.74) is 1.38.